The number of hydrogen-bond donors (Lipinski definition) is 3. The number of alkyl carbamates (subject to hydrolysis) is 1. The van der Waals surface area contributed by atoms with Gasteiger partial charge in [-0.05, 0) is 102 Å². The number of nitrogens with one attached hydrogen (secondary N) is 3. The van der Waals surface area contributed by atoms with Crippen molar-refractivity contribution in [2.24, 2.45) is 5.92 Å². The van der Waals surface area contributed by atoms with Crippen molar-refractivity contribution in [2.45, 2.75) is 113 Å². The maximum absolute atomic E-state index is 14.7. The van der Waals surface area contributed by atoms with E-state index < -0.39 is 80.2 Å². The number of carbonyl (C=O) groups excluding carboxylic acids is 4. The van der Waals surface area contributed by atoms with Crippen LogP contribution in [0.4, 0.5) is 9.18 Å². The minimum Gasteiger partial charge on any atom is -0.497 e. The molecule has 4 heterocycles. The third-order valence-electron chi connectivity index (χ3n) is 11.6. The number of allylic oxidation sites excluding steroid dienone is 1. The van der Waals surface area contributed by atoms with Crippen LogP contribution in [0.3, 0.4) is 0 Å². The number of carbonyl (C=O) groups is 4. The number of aromatic nitrogens is 1. The molecule has 1 saturated heterocycles. The molecule has 0 bridgehead atoms. The van der Waals surface area contributed by atoms with Crippen LogP contribution in [0, 0.1) is 11.7 Å². The van der Waals surface area contributed by atoms with E-state index in [0.29, 0.717) is 64.8 Å². The van der Waals surface area contributed by atoms with Gasteiger partial charge in [-0.15, -0.1) is 0 Å². The molecule has 4 aromatic rings. The van der Waals surface area contributed by atoms with Crippen LogP contribution in [0.1, 0.15) is 78.6 Å². The molecule has 3 fully saturated rings. The second kappa shape index (κ2) is 16.3. The van der Waals surface area contributed by atoms with E-state index in [1.165, 1.54) is 17.0 Å². The SMILES string of the molecule is COc1ccc2oc3c(O[C@@H]4C[C@H]5C(=O)N[C@]6(C(=O)NS(=O)(=O)C7CC7)C[C@H]6/C=C\CCCCC[C@H](NC(=O)OC(C)(C)C)C(=O)N5C4)cc(-c4ccc(F)cc4)nc3c2c1. The summed E-state index contributed by atoms with van der Waals surface area (Å²) >= 11 is 0. The highest BCUT2D eigenvalue weighted by Crippen LogP contribution is 2.46. The average Bonchev–Trinajstić information content (AvgIpc) is 4.11. The molecule has 0 unspecified atom stereocenters. The van der Waals surface area contributed by atoms with E-state index in [-0.39, 0.29) is 31.6 Å². The number of amides is 4. The van der Waals surface area contributed by atoms with Crippen LogP contribution in [0.15, 0.2) is 65.1 Å². The fraction of sp³-hybridized carbons (Fsp3) is 0.477. The van der Waals surface area contributed by atoms with Crippen molar-refractivity contribution in [3.05, 3.63) is 66.5 Å². The second-order valence-corrected chi connectivity index (χ2v) is 19.3. The number of rotatable bonds is 8. The molecule has 15 nitrogen and oxygen atoms in total. The highest BCUT2D eigenvalue weighted by atomic mass is 32.2. The Kier molecular flexibility index (Phi) is 11.2. The van der Waals surface area contributed by atoms with Gasteiger partial charge in [-0.2, -0.15) is 0 Å². The van der Waals surface area contributed by atoms with Crippen molar-refractivity contribution in [2.75, 3.05) is 13.7 Å². The summed E-state index contributed by atoms with van der Waals surface area (Å²) in [6.45, 7) is 5.03. The number of pyridine rings is 1. The molecule has 5 atom stereocenters. The normalized spacial score (nSPS) is 25.4. The monoisotopic (exact) mass is 859 g/mol. The summed E-state index contributed by atoms with van der Waals surface area (Å²) in [4.78, 5) is 62.6. The van der Waals surface area contributed by atoms with E-state index in [9.17, 15) is 32.0 Å². The number of halogens is 1. The van der Waals surface area contributed by atoms with Crippen molar-refractivity contribution < 1.29 is 50.6 Å². The number of sulfonamides is 1. The minimum absolute atomic E-state index is 0.0426. The van der Waals surface area contributed by atoms with E-state index in [2.05, 4.69) is 15.4 Å². The number of nitrogens with zero attached hydrogens (tertiary/aromatic N) is 2. The Labute approximate surface area is 352 Å². The Morgan fingerprint density at radius 3 is 2.52 bits per heavy atom. The number of fused-ring (bicyclic) bond motifs is 5. The largest absolute Gasteiger partial charge is 0.497 e. The summed E-state index contributed by atoms with van der Waals surface area (Å²) in [7, 11) is -2.40. The summed E-state index contributed by atoms with van der Waals surface area (Å²) in [5.74, 6) is -2.13. The summed E-state index contributed by atoms with van der Waals surface area (Å²) < 4.78 is 66.1. The molecule has 2 aromatic heterocycles. The molecule has 0 spiro atoms. The van der Waals surface area contributed by atoms with Crippen molar-refractivity contribution >= 4 is 55.9 Å². The minimum atomic E-state index is -3.94. The quantitative estimate of drug-likeness (QED) is 0.175. The first-order valence-corrected chi connectivity index (χ1v) is 22.3. The van der Waals surface area contributed by atoms with Gasteiger partial charge < -0.3 is 34.2 Å². The summed E-state index contributed by atoms with van der Waals surface area (Å²) in [6.07, 6.45) is 6.17. The van der Waals surface area contributed by atoms with Crippen LogP contribution in [0.25, 0.3) is 33.3 Å². The van der Waals surface area contributed by atoms with Gasteiger partial charge in [0.25, 0.3) is 5.91 Å². The fourth-order valence-electron chi connectivity index (χ4n) is 8.14. The van der Waals surface area contributed by atoms with Gasteiger partial charge in [0.05, 0.1) is 30.0 Å². The third-order valence-corrected chi connectivity index (χ3v) is 13.4. The molecule has 4 aliphatic rings. The van der Waals surface area contributed by atoms with Gasteiger partial charge in [-0.1, -0.05) is 25.0 Å². The van der Waals surface area contributed by atoms with E-state index in [0.717, 1.165) is 12.8 Å². The Hall–Kier alpha value is -5.71. The zero-order valence-electron chi connectivity index (χ0n) is 34.5. The lowest BCUT2D eigenvalue weighted by Gasteiger charge is -2.30. The highest BCUT2D eigenvalue weighted by molar-refractivity contribution is 7.91. The average molecular weight is 860 g/mol. The van der Waals surface area contributed by atoms with Crippen molar-refractivity contribution in [1.82, 2.24) is 25.2 Å². The Balaban J connectivity index is 1.16. The van der Waals surface area contributed by atoms with Gasteiger partial charge in [0.1, 0.15) is 52.0 Å². The lowest BCUT2D eigenvalue weighted by atomic mass is 10.0. The van der Waals surface area contributed by atoms with Gasteiger partial charge in [0, 0.05) is 24.0 Å². The smallest absolute Gasteiger partial charge is 0.408 e. The molecule has 2 aliphatic carbocycles. The topological polar surface area (TPSA) is 195 Å². The zero-order chi connectivity index (χ0) is 43.3. The molecule has 0 radical (unpaired) electrons. The Morgan fingerprint density at radius 2 is 1.80 bits per heavy atom. The van der Waals surface area contributed by atoms with Crippen molar-refractivity contribution in [3.8, 4) is 22.8 Å². The van der Waals surface area contributed by atoms with Crippen molar-refractivity contribution in [1.29, 1.82) is 0 Å². The summed E-state index contributed by atoms with van der Waals surface area (Å²) in [5.41, 5.74) is -0.145. The lowest BCUT2D eigenvalue weighted by molar-refractivity contribution is -0.141. The van der Waals surface area contributed by atoms with Gasteiger partial charge in [-0.3, -0.25) is 19.1 Å². The van der Waals surface area contributed by atoms with Crippen LogP contribution >= 0.6 is 0 Å². The summed E-state index contributed by atoms with van der Waals surface area (Å²) in [5, 5.41) is 5.59. The number of benzene rings is 2. The number of methoxy groups -OCH3 is 1. The van der Waals surface area contributed by atoms with E-state index in [1.807, 2.05) is 12.2 Å². The molecule has 3 N–H and O–H groups in total. The van der Waals surface area contributed by atoms with Gasteiger partial charge in [0.15, 0.2) is 11.3 Å². The first-order valence-electron chi connectivity index (χ1n) is 20.7. The first-order chi connectivity index (χ1) is 29.0. The predicted octanol–water partition coefficient (Wildman–Crippen LogP) is 6.04. The molecule has 17 heteroatoms. The Morgan fingerprint density at radius 1 is 1.03 bits per heavy atom. The lowest BCUT2D eigenvalue weighted by Crippen LogP contribution is -2.58. The number of ether oxygens (including phenoxy) is 3. The van der Waals surface area contributed by atoms with Crippen LogP contribution in [-0.4, -0.2) is 90.3 Å². The molecular formula is C44H50FN5O10S. The van der Waals surface area contributed by atoms with Crippen LogP contribution in [-0.2, 0) is 29.1 Å². The molecule has 8 rings (SSSR count). The summed E-state index contributed by atoms with van der Waals surface area (Å²) in [6, 6.07) is 10.5. The second-order valence-electron chi connectivity index (χ2n) is 17.3. The zero-order valence-corrected chi connectivity index (χ0v) is 35.3. The molecule has 2 aliphatic heterocycles. The molecule has 2 aromatic carbocycles. The van der Waals surface area contributed by atoms with Gasteiger partial charge >= 0.3 is 6.09 Å². The molecule has 324 valence electrons. The number of furan rings is 1. The van der Waals surface area contributed by atoms with Crippen LogP contribution in [0.5, 0.6) is 11.5 Å². The number of hydrogen-bond acceptors (Lipinski definition) is 11. The molecule has 2 saturated carbocycles. The highest BCUT2D eigenvalue weighted by Gasteiger charge is 2.62. The van der Waals surface area contributed by atoms with Crippen LogP contribution < -0.4 is 24.8 Å². The van der Waals surface area contributed by atoms with Gasteiger partial charge in [0.2, 0.25) is 21.8 Å². The molecule has 61 heavy (non-hydrogen) atoms. The van der Waals surface area contributed by atoms with Crippen molar-refractivity contribution in [3.63, 3.8) is 0 Å². The fourth-order valence-corrected chi connectivity index (χ4v) is 9.51. The maximum atomic E-state index is 14.7. The van der Waals surface area contributed by atoms with E-state index >= 15 is 0 Å². The van der Waals surface area contributed by atoms with Gasteiger partial charge in [-0.25, -0.2) is 22.6 Å². The van der Waals surface area contributed by atoms with E-state index in [4.69, 9.17) is 23.6 Å². The Bertz CT molecular complexity index is 2510. The first kappa shape index (κ1) is 42.0. The predicted molar refractivity (Wildman–Crippen MR) is 222 cm³/mol. The molecular weight excluding hydrogens is 810 g/mol. The van der Waals surface area contributed by atoms with E-state index in [1.54, 1.807) is 64.3 Å². The van der Waals surface area contributed by atoms with Crippen LogP contribution in [0.2, 0.25) is 0 Å². The maximum Gasteiger partial charge on any atom is 0.408 e. The standard InChI is InChI=1S/C44H50FN5O10S/c1-43(2,3)60-42(54)47-32-11-9-7-5-6-8-10-26-23-44(26,41(53)49-61(55,56)30-17-18-30)48-39(51)34-21-29(24-50(34)40(32)52)58-36-22-33(25-12-14-27(45)15-13-25)46-37-31-20-28(57-4)16-19-35(31)59-38(36)37/h8,10,12-16,19-20,22,26,29-30,32,34H,5-7,9,11,17-18,21,23-24H2,1-4H3,(H,47,54)(H,48,51)(H,49,53)/b10-8-/t26-,29-,32+,34+,44-/m1/s1. The molecule has 4 amide bonds. The third kappa shape index (κ3) is 9.02.